The van der Waals surface area contributed by atoms with Gasteiger partial charge in [-0.25, -0.2) is 17.8 Å². The third kappa shape index (κ3) is 4.85. The van der Waals surface area contributed by atoms with Crippen molar-refractivity contribution in [2.45, 2.75) is 34.9 Å². The van der Waals surface area contributed by atoms with Crippen molar-refractivity contribution in [2.75, 3.05) is 18.4 Å². The van der Waals surface area contributed by atoms with Gasteiger partial charge in [-0.2, -0.15) is 4.31 Å². The van der Waals surface area contributed by atoms with E-state index >= 15 is 0 Å². The number of aromatic nitrogens is 1. The van der Waals surface area contributed by atoms with E-state index in [-0.39, 0.29) is 16.6 Å². The summed E-state index contributed by atoms with van der Waals surface area (Å²) in [5.41, 5.74) is 0.508. The molecule has 6 nitrogen and oxygen atoms in total. The molecule has 0 aliphatic carbocycles. The second kappa shape index (κ2) is 8.37. The number of anilines is 1. The number of sulfonamides is 1. The zero-order valence-corrected chi connectivity index (χ0v) is 16.4. The molecule has 0 bridgehead atoms. The summed E-state index contributed by atoms with van der Waals surface area (Å²) in [4.78, 5) is 16.6. The number of benzene rings is 1. The molecule has 1 aromatic heterocycles. The summed E-state index contributed by atoms with van der Waals surface area (Å²) < 4.78 is 39.4. The number of amides is 1. The molecule has 1 aromatic carbocycles. The molecule has 0 radical (unpaired) electrons. The van der Waals surface area contributed by atoms with Crippen LogP contribution >= 0.6 is 11.8 Å². The van der Waals surface area contributed by atoms with Crippen LogP contribution in [0.3, 0.4) is 0 Å². The number of hydrogen-bond donors (Lipinski definition) is 1. The van der Waals surface area contributed by atoms with E-state index in [4.69, 9.17) is 0 Å². The Morgan fingerprint density at radius 1 is 1.19 bits per heavy atom. The van der Waals surface area contributed by atoms with Crippen molar-refractivity contribution in [1.82, 2.24) is 9.29 Å². The molecule has 1 atom stereocenters. The molecule has 3 rings (SSSR count). The van der Waals surface area contributed by atoms with Gasteiger partial charge < -0.3 is 5.32 Å². The van der Waals surface area contributed by atoms with Gasteiger partial charge in [0.05, 0.1) is 10.3 Å². The van der Waals surface area contributed by atoms with Gasteiger partial charge in [0.1, 0.15) is 10.7 Å². The van der Waals surface area contributed by atoms with Gasteiger partial charge in [0.25, 0.3) is 0 Å². The number of carbonyl (C=O) groups excluding carboxylic acids is 1. The maximum atomic E-state index is 12.9. The largest absolute Gasteiger partial charge is 0.325 e. The Kier molecular flexibility index (Phi) is 6.13. The lowest BCUT2D eigenvalue weighted by Gasteiger charge is -2.15. The summed E-state index contributed by atoms with van der Waals surface area (Å²) in [7, 11) is -3.49. The summed E-state index contributed by atoms with van der Waals surface area (Å²) in [6.45, 7) is 2.80. The molecule has 1 amide bonds. The first-order chi connectivity index (χ1) is 12.9. The SMILES string of the molecule is C[C@H](Sc1ccc(S(=O)(=O)N2CCCC2)cn1)C(=O)Nc1ccc(F)cc1. The third-order valence-corrected chi connectivity index (χ3v) is 7.12. The molecule has 1 fully saturated rings. The van der Waals surface area contributed by atoms with Crippen LogP contribution in [0.2, 0.25) is 0 Å². The Morgan fingerprint density at radius 3 is 2.44 bits per heavy atom. The van der Waals surface area contributed by atoms with Gasteiger partial charge in [0.2, 0.25) is 15.9 Å². The van der Waals surface area contributed by atoms with E-state index in [1.807, 2.05) is 0 Å². The molecule has 2 aromatic rings. The highest BCUT2D eigenvalue weighted by Crippen LogP contribution is 2.25. The minimum absolute atomic E-state index is 0.164. The number of carbonyl (C=O) groups is 1. The summed E-state index contributed by atoms with van der Waals surface area (Å²) in [5, 5.41) is 2.80. The van der Waals surface area contributed by atoms with E-state index < -0.39 is 15.3 Å². The monoisotopic (exact) mass is 409 g/mol. The second-order valence-electron chi connectivity index (χ2n) is 6.20. The van der Waals surface area contributed by atoms with E-state index in [2.05, 4.69) is 10.3 Å². The van der Waals surface area contributed by atoms with Crippen molar-refractivity contribution in [2.24, 2.45) is 0 Å². The predicted octanol–water partition coefficient (Wildman–Crippen LogP) is 3.12. The molecule has 1 N–H and O–H groups in total. The number of pyridine rings is 1. The summed E-state index contributed by atoms with van der Waals surface area (Å²) in [6.07, 6.45) is 3.09. The van der Waals surface area contributed by atoms with Crippen LogP contribution in [0.15, 0.2) is 52.5 Å². The van der Waals surface area contributed by atoms with Crippen molar-refractivity contribution < 1.29 is 17.6 Å². The van der Waals surface area contributed by atoms with Gasteiger partial charge in [-0.1, -0.05) is 11.8 Å². The Bertz CT molecular complexity index is 896. The highest BCUT2D eigenvalue weighted by atomic mass is 32.2. The van der Waals surface area contributed by atoms with E-state index in [0.29, 0.717) is 23.8 Å². The average molecular weight is 410 g/mol. The molecule has 1 aliphatic rings. The molecular formula is C18H20FN3O3S2. The van der Waals surface area contributed by atoms with Crippen LogP contribution in [0.25, 0.3) is 0 Å². The fourth-order valence-corrected chi connectivity index (χ4v) is 4.93. The van der Waals surface area contributed by atoms with Crippen LogP contribution in [0.4, 0.5) is 10.1 Å². The van der Waals surface area contributed by atoms with Crippen molar-refractivity contribution >= 4 is 33.4 Å². The van der Waals surface area contributed by atoms with Crippen molar-refractivity contribution in [1.29, 1.82) is 0 Å². The summed E-state index contributed by atoms with van der Waals surface area (Å²) in [6, 6.07) is 8.65. The number of thioether (sulfide) groups is 1. The van der Waals surface area contributed by atoms with Crippen molar-refractivity contribution in [3.63, 3.8) is 0 Å². The topological polar surface area (TPSA) is 79.4 Å². The van der Waals surface area contributed by atoms with Gasteiger partial charge in [-0.05, 0) is 56.2 Å². The molecule has 9 heteroatoms. The minimum atomic E-state index is -3.49. The van der Waals surface area contributed by atoms with Crippen molar-refractivity contribution in [3.05, 3.63) is 48.4 Å². The van der Waals surface area contributed by atoms with E-state index in [1.54, 1.807) is 13.0 Å². The van der Waals surface area contributed by atoms with Crippen LogP contribution in [-0.4, -0.2) is 42.0 Å². The number of hydrogen-bond acceptors (Lipinski definition) is 5. The fourth-order valence-electron chi connectivity index (χ4n) is 2.68. The van der Waals surface area contributed by atoms with Crippen molar-refractivity contribution in [3.8, 4) is 0 Å². The first kappa shape index (κ1) is 19.8. The summed E-state index contributed by atoms with van der Waals surface area (Å²) >= 11 is 1.22. The van der Waals surface area contributed by atoms with Gasteiger partial charge in [-0.15, -0.1) is 0 Å². The Labute approximate surface area is 162 Å². The van der Waals surface area contributed by atoms with Crippen LogP contribution in [0, 0.1) is 5.82 Å². The maximum absolute atomic E-state index is 12.9. The summed E-state index contributed by atoms with van der Waals surface area (Å²) in [5.74, 6) is -0.620. The van der Waals surface area contributed by atoms with Crippen LogP contribution in [-0.2, 0) is 14.8 Å². The lowest BCUT2D eigenvalue weighted by molar-refractivity contribution is -0.115. The van der Waals surface area contributed by atoms with Crippen LogP contribution in [0.1, 0.15) is 19.8 Å². The Morgan fingerprint density at radius 2 is 1.85 bits per heavy atom. The molecule has 144 valence electrons. The average Bonchev–Trinajstić information content (AvgIpc) is 3.19. The predicted molar refractivity (Wildman–Crippen MR) is 103 cm³/mol. The van der Waals surface area contributed by atoms with Gasteiger partial charge >= 0.3 is 0 Å². The third-order valence-electron chi connectivity index (χ3n) is 4.19. The molecule has 1 aliphatic heterocycles. The zero-order valence-electron chi connectivity index (χ0n) is 14.8. The number of nitrogens with one attached hydrogen (secondary N) is 1. The molecule has 27 heavy (non-hydrogen) atoms. The van der Waals surface area contributed by atoms with E-state index in [1.165, 1.54) is 52.6 Å². The lowest BCUT2D eigenvalue weighted by atomic mass is 10.3. The van der Waals surface area contributed by atoms with Gasteiger partial charge in [-0.3, -0.25) is 4.79 Å². The highest BCUT2D eigenvalue weighted by molar-refractivity contribution is 8.00. The number of halogens is 1. The zero-order chi connectivity index (χ0) is 19.4. The maximum Gasteiger partial charge on any atom is 0.244 e. The fraction of sp³-hybridized carbons (Fsp3) is 0.333. The first-order valence-electron chi connectivity index (χ1n) is 8.55. The van der Waals surface area contributed by atoms with Gasteiger partial charge in [0, 0.05) is 25.0 Å². The van der Waals surface area contributed by atoms with Crippen LogP contribution in [0.5, 0.6) is 0 Å². The standard InChI is InChI=1S/C18H20FN3O3S2/c1-13(18(23)21-15-6-4-14(19)5-7-15)26-17-9-8-16(12-20-17)27(24,25)22-10-2-3-11-22/h4-9,12-13H,2-3,10-11H2,1H3,(H,21,23)/t13-/m0/s1. The lowest BCUT2D eigenvalue weighted by Crippen LogP contribution is -2.28. The van der Waals surface area contributed by atoms with E-state index in [0.717, 1.165) is 12.8 Å². The molecule has 1 saturated heterocycles. The number of rotatable bonds is 6. The quantitative estimate of drug-likeness (QED) is 0.742. The van der Waals surface area contributed by atoms with Gasteiger partial charge in [0.15, 0.2) is 0 Å². The first-order valence-corrected chi connectivity index (χ1v) is 10.9. The Hall–Kier alpha value is -1.97. The highest BCUT2D eigenvalue weighted by Gasteiger charge is 2.27. The van der Waals surface area contributed by atoms with E-state index in [9.17, 15) is 17.6 Å². The second-order valence-corrected chi connectivity index (χ2v) is 9.50. The van der Waals surface area contributed by atoms with Crippen LogP contribution < -0.4 is 5.32 Å². The number of nitrogens with zero attached hydrogens (tertiary/aromatic N) is 2. The minimum Gasteiger partial charge on any atom is -0.325 e. The molecule has 0 saturated carbocycles. The normalized spacial score (nSPS) is 16.2. The molecule has 0 unspecified atom stereocenters. The molecule has 0 spiro atoms. The molecule has 2 heterocycles. The Balaban J connectivity index is 1.61. The smallest absolute Gasteiger partial charge is 0.244 e. The molecular weight excluding hydrogens is 389 g/mol.